The van der Waals surface area contributed by atoms with Crippen LogP contribution in [0.3, 0.4) is 0 Å². The van der Waals surface area contributed by atoms with E-state index in [2.05, 4.69) is 75.3 Å². The molecule has 13 nitrogen and oxygen atoms in total. The van der Waals surface area contributed by atoms with Crippen LogP contribution in [0.5, 0.6) is 0 Å². The monoisotopic (exact) mass is 1130 g/mol. The van der Waals surface area contributed by atoms with Crippen LogP contribution in [0.15, 0.2) is 72.3 Å². The molecule has 82 heavy (non-hydrogen) atoms. The maximum Gasteiger partial charge on any atom is 0.338 e. The zero-order valence-electron chi connectivity index (χ0n) is 51.7. The highest BCUT2D eigenvalue weighted by Crippen LogP contribution is 2.76. The predicted octanol–water partition coefficient (Wildman–Crippen LogP) is 12.3. The lowest BCUT2D eigenvalue weighted by atomic mass is 9.33. The zero-order chi connectivity index (χ0) is 59.1. The third kappa shape index (κ3) is 10.5. The number of fused-ring (bicyclic) bond motifs is 7. The standard InChI is InChI=1S/C69H98O13/c1-39-35-76-61(43(5)40(39)2)81-57-44(6)56(45(7)71)80-63(59(57)82-62-58(79-60(74)48-23-19-16-20-24-48)42(4)41(3)51(77-62)37-75-36-47-21-17-15-18-22-47)78-55-28-29-65(11)52(66(55,12)38-70)27-30-67(13)53(65)26-25-49-50-33-64(9,10)31-32-69(50,46(8)72)54(73)34-68(49,67)14/h15-25,38-44,50-59,61-63,73H,26-37H2,1-14H3/t39-,40+,41-,42+,43?,44-,50?,51?,52-,53?,54?,55+,56?,57+,58?,59?,61+,62+,63-,65?,66-,67?,68-,69-/m1/s1. The Morgan fingerprint density at radius 3 is 2.04 bits per heavy atom. The molecule has 452 valence electrons. The quantitative estimate of drug-likeness (QED) is 0.0777. The fraction of sp³-hybridized carbons (Fsp3) is 0.739. The van der Waals surface area contributed by atoms with Crippen LogP contribution in [0.25, 0.3) is 0 Å². The Balaban J connectivity index is 0.995. The van der Waals surface area contributed by atoms with Gasteiger partial charge in [0.25, 0.3) is 0 Å². The molecule has 0 spiro atoms. The van der Waals surface area contributed by atoms with Crippen molar-refractivity contribution in [3.05, 3.63) is 83.4 Å². The lowest BCUT2D eigenvalue weighted by Gasteiger charge is -2.71. The maximum absolute atomic E-state index is 14.4. The van der Waals surface area contributed by atoms with Crippen LogP contribution in [0.1, 0.15) is 171 Å². The van der Waals surface area contributed by atoms with E-state index in [4.69, 9.17) is 37.9 Å². The van der Waals surface area contributed by atoms with E-state index in [1.807, 2.05) is 50.2 Å². The van der Waals surface area contributed by atoms with Gasteiger partial charge < -0.3 is 47.8 Å². The molecule has 3 heterocycles. The molecule has 5 aliphatic carbocycles. The Kier molecular flexibility index (Phi) is 17.4. The SMILES string of the molecule is CC(=O)C1O[C@@H](O[C@H]2CCC3(C)C4CC=C5C6CC(C)(C)CC[C@]6(C(C)=O)C(O)C[C@@]5(C)C4(C)CC[C@H]3[C@@]2(C)C=O)C(O[C@@H]2OC(COCc3ccccc3)[C@H](C)[C@H](C)C2OC(=O)c2ccccc2)[C@@H](O[C@@H]2OC[C@@H](C)[C@H](C)C2C)[C@@H]1C. The Hall–Kier alpha value is -3.66. The van der Waals surface area contributed by atoms with Gasteiger partial charge in [-0.3, -0.25) is 9.59 Å². The van der Waals surface area contributed by atoms with Crippen molar-refractivity contribution in [1.29, 1.82) is 0 Å². The predicted molar refractivity (Wildman–Crippen MR) is 311 cm³/mol. The summed E-state index contributed by atoms with van der Waals surface area (Å²) in [4.78, 5) is 56.4. The summed E-state index contributed by atoms with van der Waals surface area (Å²) in [5.74, 6) is -0.980. The van der Waals surface area contributed by atoms with Gasteiger partial charge in [-0.2, -0.15) is 0 Å². The molecular formula is C69H98O13. The summed E-state index contributed by atoms with van der Waals surface area (Å²) in [5.41, 5.74) is 0.176. The summed E-state index contributed by atoms with van der Waals surface area (Å²) in [6, 6.07) is 18.9. The van der Waals surface area contributed by atoms with Gasteiger partial charge in [0.1, 0.15) is 24.3 Å². The van der Waals surface area contributed by atoms with Crippen molar-refractivity contribution in [1.82, 2.24) is 0 Å². The summed E-state index contributed by atoms with van der Waals surface area (Å²) >= 11 is 0. The van der Waals surface area contributed by atoms with Crippen LogP contribution in [0.2, 0.25) is 0 Å². The number of benzene rings is 2. The highest BCUT2D eigenvalue weighted by atomic mass is 16.8. The molecule has 1 N–H and O–H groups in total. The third-order valence-corrected chi connectivity index (χ3v) is 24.2. The molecule has 2 aromatic carbocycles. The Labute approximate surface area is 489 Å². The molecule has 7 fully saturated rings. The number of carbonyl (C=O) groups is 4. The molecule has 4 saturated carbocycles. The highest BCUT2D eigenvalue weighted by Gasteiger charge is 2.71. The van der Waals surface area contributed by atoms with Crippen LogP contribution < -0.4 is 0 Å². The van der Waals surface area contributed by atoms with Crippen molar-refractivity contribution in [2.24, 2.45) is 85.8 Å². The van der Waals surface area contributed by atoms with Crippen molar-refractivity contribution in [2.75, 3.05) is 13.2 Å². The second-order valence-electron chi connectivity index (χ2n) is 29.2. The van der Waals surface area contributed by atoms with Crippen molar-refractivity contribution >= 4 is 23.8 Å². The second kappa shape index (κ2) is 23.2. The number of ketones is 2. The number of Topliss-reactive ketones (excluding diaryl/α,β-unsaturated/α-hetero) is 2. The largest absolute Gasteiger partial charge is 0.453 e. The normalized spacial score (nSPS) is 46.1. The smallest absolute Gasteiger partial charge is 0.338 e. The van der Waals surface area contributed by atoms with Gasteiger partial charge in [-0.25, -0.2) is 4.79 Å². The number of esters is 1. The van der Waals surface area contributed by atoms with Crippen LogP contribution in [-0.4, -0.2) is 104 Å². The number of carbonyl (C=O) groups excluding carboxylic acids is 4. The van der Waals surface area contributed by atoms with Crippen LogP contribution in [-0.2, 0) is 58.9 Å². The van der Waals surface area contributed by atoms with Crippen molar-refractivity contribution in [3.8, 4) is 0 Å². The number of aliphatic hydroxyl groups excluding tert-OH is 1. The number of hydrogen-bond acceptors (Lipinski definition) is 13. The Bertz CT molecular complexity index is 2660. The lowest BCUT2D eigenvalue weighted by Crippen LogP contribution is -2.68. The van der Waals surface area contributed by atoms with Crippen molar-refractivity contribution in [2.45, 2.75) is 223 Å². The van der Waals surface area contributed by atoms with Gasteiger partial charge in [0.15, 0.2) is 30.8 Å². The highest BCUT2D eigenvalue weighted by molar-refractivity contribution is 5.89. The molecule has 10 rings (SSSR count). The van der Waals surface area contributed by atoms with Gasteiger partial charge in [0.2, 0.25) is 0 Å². The van der Waals surface area contributed by atoms with E-state index in [1.54, 1.807) is 31.2 Å². The molecule has 0 aromatic heterocycles. The van der Waals surface area contributed by atoms with E-state index in [0.717, 1.165) is 50.4 Å². The number of hydrogen-bond donors (Lipinski definition) is 1. The van der Waals surface area contributed by atoms with E-state index in [9.17, 15) is 24.3 Å². The fourth-order valence-corrected chi connectivity index (χ4v) is 18.3. The number of aliphatic hydroxyl groups is 1. The number of ether oxygens (including phenoxy) is 8. The van der Waals surface area contributed by atoms with Crippen LogP contribution in [0, 0.1) is 85.8 Å². The summed E-state index contributed by atoms with van der Waals surface area (Å²) in [7, 11) is 0. The van der Waals surface area contributed by atoms with E-state index in [1.165, 1.54) is 12.5 Å². The summed E-state index contributed by atoms with van der Waals surface area (Å²) in [6.45, 7) is 30.8. The topological polar surface area (TPSA) is 162 Å². The first kappa shape index (κ1) is 61.4. The Morgan fingerprint density at radius 1 is 0.695 bits per heavy atom. The van der Waals surface area contributed by atoms with Gasteiger partial charge in [0.05, 0.1) is 60.6 Å². The first-order chi connectivity index (χ1) is 38.7. The summed E-state index contributed by atoms with van der Waals surface area (Å²) < 4.78 is 55.4. The molecule has 24 atom stereocenters. The second-order valence-corrected chi connectivity index (χ2v) is 29.2. The fourth-order valence-electron chi connectivity index (χ4n) is 18.3. The first-order valence-electron chi connectivity index (χ1n) is 31.4. The molecule has 8 aliphatic rings. The summed E-state index contributed by atoms with van der Waals surface area (Å²) in [5, 5.41) is 12.5. The summed E-state index contributed by atoms with van der Waals surface area (Å²) in [6.07, 6.45) is 1.61. The van der Waals surface area contributed by atoms with Gasteiger partial charge in [-0.15, -0.1) is 0 Å². The van der Waals surface area contributed by atoms with Gasteiger partial charge in [0, 0.05) is 17.8 Å². The van der Waals surface area contributed by atoms with Gasteiger partial charge in [-0.05, 0) is 146 Å². The van der Waals surface area contributed by atoms with E-state index < -0.39 is 84.3 Å². The number of allylic oxidation sites excluding steroid dienone is 2. The zero-order valence-corrected chi connectivity index (χ0v) is 51.7. The molecule has 3 saturated heterocycles. The molecule has 2 aromatic rings. The molecule has 10 unspecified atom stereocenters. The molecular weight excluding hydrogens is 1040 g/mol. The van der Waals surface area contributed by atoms with Gasteiger partial charge >= 0.3 is 5.97 Å². The van der Waals surface area contributed by atoms with E-state index in [-0.39, 0.29) is 81.3 Å². The van der Waals surface area contributed by atoms with E-state index in [0.29, 0.717) is 44.0 Å². The first-order valence-corrected chi connectivity index (χ1v) is 31.4. The Morgan fingerprint density at radius 2 is 1.37 bits per heavy atom. The van der Waals surface area contributed by atoms with Crippen LogP contribution in [0.4, 0.5) is 0 Å². The number of rotatable bonds is 15. The molecule has 0 bridgehead atoms. The minimum atomic E-state index is -1.24. The van der Waals surface area contributed by atoms with Crippen LogP contribution >= 0.6 is 0 Å². The van der Waals surface area contributed by atoms with Crippen molar-refractivity contribution < 1.29 is 62.2 Å². The molecule has 0 amide bonds. The number of aldehydes is 1. The van der Waals surface area contributed by atoms with Gasteiger partial charge in [-0.1, -0.05) is 143 Å². The lowest BCUT2D eigenvalue weighted by molar-refractivity contribution is -0.378. The average molecular weight is 1140 g/mol. The minimum Gasteiger partial charge on any atom is -0.453 e. The molecule has 13 heteroatoms. The average Bonchev–Trinajstić information content (AvgIpc) is 0.755. The minimum absolute atomic E-state index is 0.0190. The maximum atomic E-state index is 14.4. The van der Waals surface area contributed by atoms with Crippen molar-refractivity contribution in [3.63, 3.8) is 0 Å². The van der Waals surface area contributed by atoms with E-state index >= 15 is 0 Å². The third-order valence-electron chi connectivity index (χ3n) is 24.2. The molecule has 3 aliphatic heterocycles. The molecule has 0 radical (unpaired) electrons.